The van der Waals surface area contributed by atoms with Gasteiger partial charge in [-0.05, 0) is 49.1 Å². The Morgan fingerprint density at radius 2 is 1.68 bits per heavy atom. The third-order valence-corrected chi connectivity index (χ3v) is 8.02. The molecule has 37 heavy (non-hydrogen) atoms. The van der Waals surface area contributed by atoms with Crippen LogP contribution in [0.15, 0.2) is 48.0 Å². The fourth-order valence-corrected chi connectivity index (χ4v) is 5.77. The molecule has 1 aliphatic heterocycles. The lowest BCUT2D eigenvalue weighted by atomic mass is 10.2. The van der Waals surface area contributed by atoms with Crippen molar-refractivity contribution in [3.8, 4) is 0 Å². The summed E-state index contributed by atoms with van der Waals surface area (Å²) >= 11 is 1.39. The average molecular weight is 528 g/mol. The highest BCUT2D eigenvalue weighted by atomic mass is 32.1. The van der Waals surface area contributed by atoms with Crippen molar-refractivity contribution < 1.29 is 18.6 Å². The van der Waals surface area contributed by atoms with Crippen LogP contribution in [-0.2, 0) is 11.3 Å². The number of anilines is 1. The van der Waals surface area contributed by atoms with E-state index in [2.05, 4.69) is 55.8 Å². The van der Waals surface area contributed by atoms with Crippen molar-refractivity contribution >= 4 is 28.8 Å². The summed E-state index contributed by atoms with van der Waals surface area (Å²) in [6, 6.07) is 10.3. The second-order valence-electron chi connectivity index (χ2n) is 11.4. The van der Waals surface area contributed by atoms with Crippen molar-refractivity contribution in [2.45, 2.75) is 39.2 Å². The zero-order chi connectivity index (χ0) is 26.9. The minimum atomic E-state index is -0.126. The molecule has 2 heterocycles. The van der Waals surface area contributed by atoms with Gasteiger partial charge in [-0.1, -0.05) is 36.9 Å². The van der Waals surface area contributed by atoms with Crippen LogP contribution >= 0.6 is 11.3 Å². The molecule has 1 saturated heterocycles. The molecule has 202 valence electrons. The van der Waals surface area contributed by atoms with Gasteiger partial charge in [-0.2, -0.15) is 0 Å². The highest BCUT2D eigenvalue weighted by Crippen LogP contribution is 2.28. The van der Waals surface area contributed by atoms with Crippen molar-refractivity contribution in [2.75, 3.05) is 65.7 Å². The molecule has 0 saturated carbocycles. The maximum absolute atomic E-state index is 13.4. The summed E-state index contributed by atoms with van der Waals surface area (Å²) in [4.78, 5) is 26.9. The Kier molecular flexibility index (Phi) is 10.3. The standard InChI is InChI=1S/C29H43N5O2S/c1-23-22-37-28(29(36)30-15-18-33(3,4)5)27(23)32-26(35)21-34(16-11-6-7-12-17-34)20-24(2)31-19-25-13-9-8-10-14-25/h8-10,13-14,22,31H,2,6-7,11-12,15-21H2,1,3-5H3/p+2. The van der Waals surface area contributed by atoms with Gasteiger partial charge in [-0.15, -0.1) is 11.3 Å². The second-order valence-corrected chi connectivity index (χ2v) is 12.3. The number of nitrogens with one attached hydrogen (secondary N) is 3. The van der Waals surface area contributed by atoms with Crippen LogP contribution in [0.2, 0.25) is 0 Å². The number of rotatable bonds is 12. The zero-order valence-corrected chi connectivity index (χ0v) is 23.9. The minimum Gasteiger partial charge on any atom is -0.380 e. The Morgan fingerprint density at radius 3 is 2.32 bits per heavy atom. The van der Waals surface area contributed by atoms with E-state index in [4.69, 9.17) is 0 Å². The normalized spacial score (nSPS) is 15.5. The predicted octanol–water partition coefficient (Wildman–Crippen LogP) is 4.13. The molecular formula is C29H45N5O2S+2. The van der Waals surface area contributed by atoms with Crippen LogP contribution in [-0.4, -0.2) is 81.2 Å². The van der Waals surface area contributed by atoms with Gasteiger partial charge in [-0.25, -0.2) is 0 Å². The predicted molar refractivity (Wildman–Crippen MR) is 154 cm³/mol. The van der Waals surface area contributed by atoms with Crippen LogP contribution in [0.4, 0.5) is 5.69 Å². The molecule has 0 bridgehead atoms. The van der Waals surface area contributed by atoms with Gasteiger partial charge in [0.25, 0.3) is 11.8 Å². The van der Waals surface area contributed by atoms with E-state index in [1.165, 1.54) is 29.7 Å². The van der Waals surface area contributed by atoms with Gasteiger partial charge in [0, 0.05) is 6.54 Å². The number of hydrogen-bond donors (Lipinski definition) is 3. The van der Waals surface area contributed by atoms with Gasteiger partial charge in [0.05, 0.1) is 58.7 Å². The molecule has 7 nitrogen and oxygen atoms in total. The number of nitrogens with zero attached hydrogens (tertiary/aromatic N) is 2. The second kappa shape index (κ2) is 13.2. The molecule has 2 aromatic rings. The lowest BCUT2D eigenvalue weighted by Crippen LogP contribution is -2.54. The molecule has 0 atom stereocenters. The SMILES string of the molecule is C=C(C[N+]1(CC(=O)Nc2c(C)csc2C(=O)NCC[N+](C)(C)C)CCCCCC1)NCc1ccccc1. The molecule has 1 aromatic heterocycles. The van der Waals surface area contributed by atoms with Crippen molar-refractivity contribution in [1.82, 2.24) is 10.6 Å². The Labute approximate surface area is 226 Å². The van der Waals surface area contributed by atoms with E-state index in [1.807, 2.05) is 30.5 Å². The fourth-order valence-electron chi connectivity index (χ4n) is 4.85. The molecular weight excluding hydrogens is 482 g/mol. The lowest BCUT2D eigenvalue weighted by molar-refractivity contribution is -0.915. The number of carbonyl (C=O) groups excluding carboxylic acids is 2. The third-order valence-electron chi connectivity index (χ3n) is 6.92. The summed E-state index contributed by atoms with van der Waals surface area (Å²) in [7, 11) is 6.29. The maximum Gasteiger partial charge on any atom is 0.279 e. The van der Waals surface area contributed by atoms with E-state index in [0.717, 1.165) is 61.3 Å². The lowest BCUT2D eigenvalue weighted by Gasteiger charge is -2.38. The molecule has 8 heteroatoms. The first-order valence-electron chi connectivity index (χ1n) is 13.3. The zero-order valence-electron chi connectivity index (χ0n) is 23.1. The summed E-state index contributed by atoms with van der Waals surface area (Å²) in [6.45, 7) is 11.4. The van der Waals surface area contributed by atoms with Gasteiger partial charge in [0.2, 0.25) is 0 Å². The largest absolute Gasteiger partial charge is 0.380 e. The van der Waals surface area contributed by atoms with Crippen LogP contribution in [0.3, 0.4) is 0 Å². The minimum absolute atomic E-state index is 0.0420. The van der Waals surface area contributed by atoms with Crippen LogP contribution in [0.25, 0.3) is 0 Å². The number of carbonyl (C=O) groups is 2. The summed E-state index contributed by atoms with van der Waals surface area (Å²) in [5.41, 5.74) is 3.74. The highest BCUT2D eigenvalue weighted by molar-refractivity contribution is 7.13. The summed E-state index contributed by atoms with van der Waals surface area (Å²) in [5.74, 6) is -0.168. The number of likely N-dealkylation sites (tertiary alicyclic amines) is 1. The number of hydrogen-bond acceptors (Lipinski definition) is 4. The van der Waals surface area contributed by atoms with Crippen molar-refractivity contribution in [1.29, 1.82) is 0 Å². The molecule has 0 spiro atoms. The fraction of sp³-hybridized carbons (Fsp3) is 0.517. The summed E-state index contributed by atoms with van der Waals surface area (Å²) in [5, 5.41) is 11.5. The number of likely N-dealkylation sites (N-methyl/N-ethyl adjacent to an activating group) is 1. The smallest absolute Gasteiger partial charge is 0.279 e. The van der Waals surface area contributed by atoms with E-state index in [9.17, 15) is 9.59 Å². The summed E-state index contributed by atoms with van der Waals surface area (Å²) < 4.78 is 1.47. The van der Waals surface area contributed by atoms with Crippen molar-refractivity contribution in [3.05, 3.63) is 64.0 Å². The Morgan fingerprint density at radius 1 is 1.00 bits per heavy atom. The first-order chi connectivity index (χ1) is 17.6. The maximum atomic E-state index is 13.4. The van der Waals surface area contributed by atoms with E-state index in [-0.39, 0.29) is 11.8 Å². The van der Waals surface area contributed by atoms with Gasteiger partial charge in [0.1, 0.15) is 11.4 Å². The highest BCUT2D eigenvalue weighted by Gasteiger charge is 2.33. The molecule has 1 aromatic carbocycles. The van der Waals surface area contributed by atoms with Gasteiger partial charge in [0.15, 0.2) is 6.54 Å². The van der Waals surface area contributed by atoms with Crippen LogP contribution in [0, 0.1) is 6.92 Å². The molecule has 2 amide bonds. The first-order valence-corrected chi connectivity index (χ1v) is 14.2. The van der Waals surface area contributed by atoms with Crippen molar-refractivity contribution in [2.24, 2.45) is 0 Å². The number of amides is 2. The quantitative estimate of drug-likeness (QED) is 0.364. The van der Waals surface area contributed by atoms with Gasteiger partial charge < -0.3 is 24.9 Å². The van der Waals surface area contributed by atoms with Crippen molar-refractivity contribution in [3.63, 3.8) is 0 Å². The summed E-state index contributed by atoms with van der Waals surface area (Å²) in [6.07, 6.45) is 4.62. The monoisotopic (exact) mass is 527 g/mol. The Hall–Kier alpha value is -2.68. The molecule has 0 radical (unpaired) electrons. The number of thiophene rings is 1. The van der Waals surface area contributed by atoms with Crippen LogP contribution in [0.5, 0.6) is 0 Å². The van der Waals surface area contributed by atoms with Gasteiger partial charge in [-0.3, -0.25) is 9.59 Å². The Balaban J connectivity index is 1.65. The molecule has 0 unspecified atom stereocenters. The van der Waals surface area contributed by atoms with Crippen LogP contribution < -0.4 is 16.0 Å². The van der Waals surface area contributed by atoms with E-state index < -0.39 is 0 Å². The van der Waals surface area contributed by atoms with E-state index in [0.29, 0.717) is 28.1 Å². The average Bonchev–Trinajstić information content (AvgIpc) is 3.04. The Bertz CT molecular complexity index is 1050. The number of aryl methyl sites for hydroxylation is 1. The molecule has 1 aliphatic rings. The first kappa shape index (κ1) is 28.9. The molecule has 3 N–H and O–H groups in total. The number of benzene rings is 1. The van der Waals surface area contributed by atoms with Crippen LogP contribution in [0.1, 0.15) is 46.5 Å². The number of quaternary nitrogens is 2. The van der Waals surface area contributed by atoms with Gasteiger partial charge >= 0.3 is 0 Å². The molecule has 0 aliphatic carbocycles. The third kappa shape index (κ3) is 9.29. The van der Waals surface area contributed by atoms with E-state index in [1.54, 1.807) is 0 Å². The molecule has 3 rings (SSSR count). The van der Waals surface area contributed by atoms with E-state index >= 15 is 0 Å². The molecule has 1 fully saturated rings. The topological polar surface area (TPSA) is 70.2 Å².